The molecule has 2 unspecified atom stereocenters. The number of carbonyl (C=O) groups excluding carboxylic acids is 2. The number of benzene rings is 2. The van der Waals surface area contributed by atoms with E-state index in [0.717, 1.165) is 5.56 Å². The summed E-state index contributed by atoms with van der Waals surface area (Å²) >= 11 is 5.87. The molecule has 0 radical (unpaired) electrons. The summed E-state index contributed by atoms with van der Waals surface area (Å²) in [6, 6.07) is 13.8. The minimum atomic E-state index is -3.83. The number of nitrogens with zero attached hydrogens (tertiary/aromatic N) is 1. The molecule has 1 amide bonds. The maximum absolute atomic E-state index is 13.0. The van der Waals surface area contributed by atoms with E-state index in [4.69, 9.17) is 16.3 Å². The van der Waals surface area contributed by atoms with Crippen LogP contribution in [0.15, 0.2) is 59.5 Å². The first kappa shape index (κ1) is 23.2. The zero-order valence-corrected chi connectivity index (χ0v) is 18.7. The third-order valence-corrected chi connectivity index (χ3v) is 7.34. The van der Waals surface area contributed by atoms with Crippen molar-refractivity contribution in [3.05, 3.63) is 65.2 Å². The Morgan fingerprint density at radius 2 is 1.81 bits per heavy atom. The average molecular weight is 465 g/mol. The van der Waals surface area contributed by atoms with Gasteiger partial charge in [0.1, 0.15) is 6.04 Å². The normalized spacial score (nSPS) is 18.2. The monoisotopic (exact) mass is 464 g/mol. The van der Waals surface area contributed by atoms with Gasteiger partial charge in [-0.1, -0.05) is 41.9 Å². The lowest BCUT2D eigenvalue weighted by Gasteiger charge is -2.33. The molecule has 0 bridgehead atoms. The van der Waals surface area contributed by atoms with Crippen LogP contribution in [0, 0.1) is 0 Å². The Labute approximate surface area is 187 Å². The highest BCUT2D eigenvalue weighted by Gasteiger charge is 2.38. The molecule has 9 heteroatoms. The van der Waals surface area contributed by atoms with Crippen LogP contribution >= 0.6 is 11.6 Å². The van der Waals surface area contributed by atoms with E-state index in [9.17, 15) is 18.0 Å². The van der Waals surface area contributed by atoms with Crippen molar-refractivity contribution >= 4 is 33.5 Å². The fourth-order valence-electron chi connectivity index (χ4n) is 3.51. The van der Waals surface area contributed by atoms with Gasteiger partial charge in [0.25, 0.3) is 5.91 Å². The van der Waals surface area contributed by atoms with Crippen molar-refractivity contribution < 1.29 is 22.7 Å². The van der Waals surface area contributed by atoms with Gasteiger partial charge in [0.2, 0.25) is 10.0 Å². The number of hydrogen-bond acceptors (Lipinski definition) is 5. The Balaban J connectivity index is 1.60. The Morgan fingerprint density at radius 3 is 2.48 bits per heavy atom. The van der Waals surface area contributed by atoms with Gasteiger partial charge in [0.05, 0.1) is 10.9 Å². The number of esters is 1. The summed E-state index contributed by atoms with van der Waals surface area (Å²) in [4.78, 5) is 25.0. The molecule has 0 saturated carbocycles. The van der Waals surface area contributed by atoms with E-state index in [1.54, 1.807) is 49.4 Å². The zero-order chi connectivity index (χ0) is 22.4. The highest BCUT2D eigenvalue weighted by atomic mass is 35.5. The molecular weight excluding hydrogens is 440 g/mol. The first-order chi connectivity index (χ1) is 14.8. The molecule has 2 aromatic rings. The topological polar surface area (TPSA) is 92.8 Å². The number of hydrogen-bond donors (Lipinski definition) is 1. The lowest BCUT2D eigenvalue weighted by atomic mass is 10.1. The quantitative estimate of drug-likeness (QED) is 0.634. The van der Waals surface area contributed by atoms with Crippen molar-refractivity contribution in [2.75, 3.05) is 13.2 Å². The first-order valence-electron chi connectivity index (χ1n) is 10.1. The summed E-state index contributed by atoms with van der Waals surface area (Å²) in [7, 11) is -3.83. The molecule has 2 atom stereocenters. The lowest BCUT2D eigenvalue weighted by molar-refractivity contribution is -0.153. The van der Waals surface area contributed by atoms with Crippen molar-refractivity contribution in [1.29, 1.82) is 0 Å². The SMILES string of the molecule is CC(NC(=O)COC(=O)C1CCCCN1S(=O)(=O)c1ccccc1)c1ccc(Cl)cc1. The van der Waals surface area contributed by atoms with Crippen LogP contribution in [0.5, 0.6) is 0 Å². The third kappa shape index (κ3) is 5.84. The third-order valence-electron chi connectivity index (χ3n) is 5.17. The molecule has 166 valence electrons. The number of halogens is 1. The molecule has 1 heterocycles. The van der Waals surface area contributed by atoms with Crippen molar-refractivity contribution in [3.8, 4) is 0 Å². The van der Waals surface area contributed by atoms with E-state index in [1.165, 1.54) is 16.4 Å². The molecule has 7 nitrogen and oxygen atoms in total. The Hall–Kier alpha value is -2.42. The summed E-state index contributed by atoms with van der Waals surface area (Å²) in [5.74, 6) is -1.18. The van der Waals surface area contributed by atoms with Crippen LogP contribution in [0.4, 0.5) is 0 Å². The van der Waals surface area contributed by atoms with Gasteiger partial charge in [0, 0.05) is 11.6 Å². The fraction of sp³-hybridized carbons (Fsp3) is 0.364. The van der Waals surface area contributed by atoms with E-state index in [0.29, 0.717) is 24.3 Å². The molecule has 1 aliphatic heterocycles. The Kier molecular flexibility index (Phi) is 7.69. The second kappa shape index (κ2) is 10.3. The fourth-order valence-corrected chi connectivity index (χ4v) is 5.30. The van der Waals surface area contributed by atoms with E-state index >= 15 is 0 Å². The Morgan fingerprint density at radius 1 is 1.13 bits per heavy atom. The minimum Gasteiger partial charge on any atom is -0.454 e. The summed E-state index contributed by atoms with van der Waals surface area (Å²) in [6.07, 6.45) is 1.73. The predicted octanol–water partition coefficient (Wildman–Crippen LogP) is 3.30. The number of sulfonamides is 1. The number of piperidine rings is 1. The average Bonchev–Trinajstić information content (AvgIpc) is 2.78. The number of amides is 1. The van der Waals surface area contributed by atoms with Gasteiger partial charge in [-0.25, -0.2) is 8.42 Å². The highest BCUT2D eigenvalue weighted by Crippen LogP contribution is 2.26. The maximum atomic E-state index is 13.0. The van der Waals surface area contributed by atoms with E-state index in [-0.39, 0.29) is 17.5 Å². The van der Waals surface area contributed by atoms with Crippen LogP contribution in [-0.2, 0) is 24.3 Å². The van der Waals surface area contributed by atoms with Crippen LogP contribution in [0.25, 0.3) is 0 Å². The molecule has 1 aliphatic rings. The molecular formula is C22H25ClN2O5S. The first-order valence-corrected chi connectivity index (χ1v) is 11.9. The van der Waals surface area contributed by atoms with E-state index < -0.39 is 34.5 Å². The van der Waals surface area contributed by atoms with Gasteiger partial charge < -0.3 is 10.1 Å². The smallest absolute Gasteiger partial charge is 0.324 e. The zero-order valence-electron chi connectivity index (χ0n) is 17.2. The van der Waals surface area contributed by atoms with Gasteiger partial charge >= 0.3 is 5.97 Å². The molecule has 31 heavy (non-hydrogen) atoms. The summed E-state index contributed by atoms with van der Waals surface area (Å²) in [5.41, 5.74) is 0.858. The summed E-state index contributed by atoms with van der Waals surface area (Å²) in [6.45, 7) is 1.56. The molecule has 1 fully saturated rings. The molecule has 0 aliphatic carbocycles. The van der Waals surface area contributed by atoms with Gasteiger partial charge in [0.15, 0.2) is 6.61 Å². The van der Waals surface area contributed by atoms with Gasteiger partial charge in [-0.05, 0) is 56.0 Å². The second-order valence-electron chi connectivity index (χ2n) is 7.39. The number of rotatable bonds is 7. The molecule has 1 saturated heterocycles. The van der Waals surface area contributed by atoms with Crippen LogP contribution in [0.1, 0.15) is 37.8 Å². The molecule has 2 aromatic carbocycles. The van der Waals surface area contributed by atoms with E-state index in [1.807, 2.05) is 0 Å². The largest absolute Gasteiger partial charge is 0.454 e. The minimum absolute atomic E-state index is 0.129. The summed E-state index contributed by atoms with van der Waals surface area (Å²) < 4.78 is 32.4. The number of ether oxygens (including phenoxy) is 1. The van der Waals surface area contributed by atoms with Crippen molar-refractivity contribution in [2.24, 2.45) is 0 Å². The lowest BCUT2D eigenvalue weighted by Crippen LogP contribution is -2.49. The molecule has 1 N–H and O–H groups in total. The maximum Gasteiger partial charge on any atom is 0.324 e. The Bertz CT molecular complexity index is 1010. The molecule has 3 rings (SSSR count). The van der Waals surface area contributed by atoms with Crippen LogP contribution in [-0.4, -0.2) is 43.8 Å². The number of nitrogens with one attached hydrogen (secondary N) is 1. The molecule has 0 aromatic heterocycles. The van der Waals surface area contributed by atoms with Crippen molar-refractivity contribution in [1.82, 2.24) is 9.62 Å². The van der Waals surface area contributed by atoms with Crippen molar-refractivity contribution in [2.45, 2.75) is 43.2 Å². The van der Waals surface area contributed by atoms with Crippen LogP contribution in [0.3, 0.4) is 0 Å². The number of carbonyl (C=O) groups is 2. The predicted molar refractivity (Wildman–Crippen MR) is 117 cm³/mol. The van der Waals surface area contributed by atoms with Gasteiger partial charge in [-0.2, -0.15) is 4.31 Å². The summed E-state index contributed by atoms with van der Waals surface area (Å²) in [5, 5.41) is 3.35. The van der Waals surface area contributed by atoms with Gasteiger partial charge in [-0.3, -0.25) is 9.59 Å². The highest BCUT2D eigenvalue weighted by molar-refractivity contribution is 7.89. The van der Waals surface area contributed by atoms with Crippen LogP contribution < -0.4 is 5.32 Å². The standard InChI is InChI=1S/C22H25ClN2O5S/c1-16(17-10-12-18(23)13-11-17)24-21(26)15-30-22(27)20-9-5-6-14-25(20)31(28,29)19-7-3-2-4-8-19/h2-4,7-8,10-13,16,20H,5-6,9,14-15H2,1H3,(H,24,26). The van der Waals surface area contributed by atoms with Crippen molar-refractivity contribution in [3.63, 3.8) is 0 Å². The van der Waals surface area contributed by atoms with Gasteiger partial charge in [-0.15, -0.1) is 0 Å². The van der Waals surface area contributed by atoms with E-state index in [2.05, 4.69) is 5.32 Å². The second-order valence-corrected chi connectivity index (χ2v) is 9.72. The molecule has 0 spiro atoms. The van der Waals surface area contributed by atoms with Crippen LogP contribution in [0.2, 0.25) is 5.02 Å².